The van der Waals surface area contributed by atoms with Crippen molar-refractivity contribution in [3.05, 3.63) is 81.6 Å². The van der Waals surface area contributed by atoms with Gasteiger partial charge in [0.05, 0.1) is 37.3 Å². The molecule has 2 amide bonds. The number of carbonyl (C=O) groups is 2. The SMILES string of the molecule is [C-]#[N+]c1ccc(CC(=O)N2CCn3nc(-c4cc(C)cc(F)c4)c(C(N)=O)c3C2)cc1C. The number of aromatic nitrogens is 2. The summed E-state index contributed by atoms with van der Waals surface area (Å²) in [7, 11) is 0. The second-order valence-corrected chi connectivity index (χ2v) is 8.00. The van der Waals surface area contributed by atoms with Gasteiger partial charge in [0.2, 0.25) is 5.91 Å². The summed E-state index contributed by atoms with van der Waals surface area (Å²) in [6, 6.07) is 9.82. The van der Waals surface area contributed by atoms with Crippen molar-refractivity contribution < 1.29 is 14.0 Å². The Labute approximate surface area is 185 Å². The van der Waals surface area contributed by atoms with Gasteiger partial charge in [0.25, 0.3) is 5.91 Å². The predicted molar refractivity (Wildman–Crippen MR) is 117 cm³/mol. The Morgan fingerprint density at radius 2 is 1.97 bits per heavy atom. The Kier molecular flexibility index (Phi) is 5.49. The van der Waals surface area contributed by atoms with Gasteiger partial charge in [0, 0.05) is 12.1 Å². The van der Waals surface area contributed by atoms with Gasteiger partial charge in [-0.3, -0.25) is 14.3 Å². The van der Waals surface area contributed by atoms with E-state index in [4.69, 9.17) is 12.3 Å². The van der Waals surface area contributed by atoms with Gasteiger partial charge in [0.15, 0.2) is 5.69 Å². The highest BCUT2D eigenvalue weighted by molar-refractivity contribution is 6.00. The summed E-state index contributed by atoms with van der Waals surface area (Å²) in [6.07, 6.45) is 0.190. The van der Waals surface area contributed by atoms with Gasteiger partial charge < -0.3 is 10.6 Å². The first-order valence-corrected chi connectivity index (χ1v) is 10.2. The van der Waals surface area contributed by atoms with E-state index >= 15 is 0 Å². The fourth-order valence-electron chi connectivity index (χ4n) is 4.10. The van der Waals surface area contributed by atoms with E-state index in [2.05, 4.69) is 9.94 Å². The standard InChI is InChI=1S/C24H22FN5O2/c1-14-8-17(12-18(25)9-14)23-22(24(26)32)20-13-29(6-7-30(20)28-23)21(31)11-16-4-5-19(27-3)15(2)10-16/h4-5,8-10,12H,6-7,11,13H2,1-2H3,(H2,26,32). The minimum absolute atomic E-state index is 0.0917. The molecule has 0 radical (unpaired) electrons. The molecule has 2 aromatic carbocycles. The van der Waals surface area contributed by atoms with E-state index in [0.717, 1.165) is 11.1 Å². The van der Waals surface area contributed by atoms with Gasteiger partial charge in [-0.15, -0.1) is 0 Å². The molecule has 0 saturated heterocycles. The lowest BCUT2D eigenvalue weighted by molar-refractivity contribution is -0.132. The number of fused-ring (bicyclic) bond motifs is 1. The summed E-state index contributed by atoms with van der Waals surface area (Å²) in [4.78, 5) is 30.4. The minimum atomic E-state index is -0.664. The molecule has 1 aromatic heterocycles. The first-order valence-electron chi connectivity index (χ1n) is 10.2. The Bertz CT molecular complexity index is 1270. The number of primary amides is 1. The van der Waals surface area contributed by atoms with Crippen LogP contribution < -0.4 is 5.73 Å². The highest BCUT2D eigenvalue weighted by Crippen LogP contribution is 2.30. The first-order chi connectivity index (χ1) is 15.3. The summed E-state index contributed by atoms with van der Waals surface area (Å²) < 4.78 is 15.6. The normalized spacial score (nSPS) is 12.9. The van der Waals surface area contributed by atoms with Gasteiger partial charge in [-0.05, 0) is 48.7 Å². The van der Waals surface area contributed by atoms with Gasteiger partial charge >= 0.3 is 0 Å². The molecule has 32 heavy (non-hydrogen) atoms. The van der Waals surface area contributed by atoms with Crippen LogP contribution in [0, 0.1) is 26.2 Å². The Balaban J connectivity index is 1.62. The molecule has 0 unspecified atom stereocenters. The number of rotatable bonds is 4. The van der Waals surface area contributed by atoms with E-state index in [9.17, 15) is 14.0 Å². The number of aryl methyl sites for hydroxylation is 2. The van der Waals surface area contributed by atoms with Crippen LogP contribution in [-0.4, -0.2) is 33.0 Å². The molecular weight excluding hydrogens is 409 g/mol. The van der Waals surface area contributed by atoms with Crippen LogP contribution in [0.5, 0.6) is 0 Å². The van der Waals surface area contributed by atoms with Crippen molar-refractivity contribution in [3.8, 4) is 11.3 Å². The summed E-state index contributed by atoms with van der Waals surface area (Å²) in [6.45, 7) is 11.8. The number of hydrogen-bond donors (Lipinski definition) is 1. The average Bonchev–Trinajstić information content (AvgIpc) is 3.12. The van der Waals surface area contributed by atoms with Crippen LogP contribution in [0.25, 0.3) is 16.1 Å². The van der Waals surface area contributed by atoms with Crippen LogP contribution in [0.15, 0.2) is 36.4 Å². The van der Waals surface area contributed by atoms with E-state index < -0.39 is 11.7 Å². The molecular formula is C24H22FN5O2. The highest BCUT2D eigenvalue weighted by Gasteiger charge is 2.29. The Morgan fingerprint density at radius 3 is 2.62 bits per heavy atom. The second-order valence-electron chi connectivity index (χ2n) is 8.00. The lowest BCUT2D eigenvalue weighted by Crippen LogP contribution is -2.40. The van der Waals surface area contributed by atoms with Crippen LogP contribution in [0.4, 0.5) is 10.1 Å². The number of amides is 2. The van der Waals surface area contributed by atoms with E-state index in [0.29, 0.717) is 41.3 Å². The maximum atomic E-state index is 14.0. The maximum absolute atomic E-state index is 14.0. The highest BCUT2D eigenvalue weighted by atomic mass is 19.1. The molecule has 0 atom stereocenters. The molecule has 0 aliphatic carbocycles. The van der Waals surface area contributed by atoms with Crippen molar-refractivity contribution in [2.45, 2.75) is 33.4 Å². The van der Waals surface area contributed by atoms with Crippen molar-refractivity contribution in [3.63, 3.8) is 0 Å². The fraction of sp³-hybridized carbons (Fsp3) is 0.250. The number of nitrogens with zero attached hydrogens (tertiary/aromatic N) is 4. The maximum Gasteiger partial charge on any atom is 0.252 e. The summed E-state index contributed by atoms with van der Waals surface area (Å²) in [5.41, 5.74) is 10.2. The quantitative estimate of drug-likeness (QED) is 0.641. The minimum Gasteiger partial charge on any atom is -0.365 e. The molecule has 0 spiro atoms. The third-order valence-corrected chi connectivity index (χ3v) is 5.63. The lowest BCUT2D eigenvalue weighted by Gasteiger charge is -2.28. The van der Waals surface area contributed by atoms with Crippen LogP contribution in [-0.2, 0) is 24.3 Å². The molecule has 1 aliphatic rings. The molecule has 4 rings (SSSR count). The zero-order valence-electron chi connectivity index (χ0n) is 17.9. The fourth-order valence-corrected chi connectivity index (χ4v) is 4.10. The third kappa shape index (κ3) is 3.97. The largest absolute Gasteiger partial charge is 0.365 e. The number of benzene rings is 2. The molecule has 2 heterocycles. The van der Waals surface area contributed by atoms with E-state index in [1.54, 1.807) is 34.7 Å². The smallest absolute Gasteiger partial charge is 0.252 e. The Morgan fingerprint density at radius 1 is 1.19 bits per heavy atom. The Hall–Kier alpha value is -3.99. The van der Waals surface area contributed by atoms with Crippen molar-refractivity contribution in [2.24, 2.45) is 5.73 Å². The second kappa shape index (κ2) is 8.27. The summed E-state index contributed by atoms with van der Waals surface area (Å²) in [5.74, 6) is -1.17. The molecule has 8 heteroatoms. The number of nitrogens with two attached hydrogens (primary N) is 1. The van der Waals surface area contributed by atoms with E-state index in [-0.39, 0.29) is 24.4 Å². The first kappa shape index (κ1) is 21.2. The molecule has 0 saturated carbocycles. The van der Waals surface area contributed by atoms with Crippen LogP contribution >= 0.6 is 0 Å². The summed E-state index contributed by atoms with van der Waals surface area (Å²) in [5, 5.41) is 4.52. The van der Waals surface area contributed by atoms with Gasteiger partial charge in [0.1, 0.15) is 11.5 Å². The number of halogens is 1. The predicted octanol–water partition coefficient (Wildman–Crippen LogP) is 3.54. The molecule has 3 aromatic rings. The van der Waals surface area contributed by atoms with Gasteiger partial charge in [-0.25, -0.2) is 9.24 Å². The third-order valence-electron chi connectivity index (χ3n) is 5.63. The van der Waals surface area contributed by atoms with Gasteiger partial charge in [-0.1, -0.05) is 18.2 Å². The van der Waals surface area contributed by atoms with Crippen LogP contribution in [0.1, 0.15) is 32.7 Å². The average molecular weight is 431 g/mol. The number of carbonyl (C=O) groups excluding carboxylic acids is 2. The van der Waals surface area contributed by atoms with Crippen molar-refractivity contribution in [1.29, 1.82) is 0 Å². The molecule has 0 bridgehead atoms. The zero-order valence-corrected chi connectivity index (χ0v) is 17.9. The van der Waals surface area contributed by atoms with Crippen molar-refractivity contribution in [1.82, 2.24) is 14.7 Å². The molecule has 1 aliphatic heterocycles. The monoisotopic (exact) mass is 431 g/mol. The van der Waals surface area contributed by atoms with Crippen LogP contribution in [0.3, 0.4) is 0 Å². The number of hydrogen-bond acceptors (Lipinski definition) is 3. The van der Waals surface area contributed by atoms with Gasteiger partial charge in [-0.2, -0.15) is 5.10 Å². The molecule has 7 nitrogen and oxygen atoms in total. The summed E-state index contributed by atoms with van der Waals surface area (Å²) >= 11 is 0. The molecule has 0 fully saturated rings. The topological polar surface area (TPSA) is 85.6 Å². The van der Waals surface area contributed by atoms with E-state index in [1.165, 1.54) is 12.1 Å². The van der Waals surface area contributed by atoms with Crippen molar-refractivity contribution >= 4 is 17.5 Å². The van der Waals surface area contributed by atoms with E-state index in [1.807, 2.05) is 13.0 Å². The zero-order chi connectivity index (χ0) is 23.0. The lowest BCUT2D eigenvalue weighted by atomic mass is 10.0. The van der Waals surface area contributed by atoms with Crippen LogP contribution in [0.2, 0.25) is 0 Å². The molecule has 2 N–H and O–H groups in total. The molecule has 162 valence electrons. The van der Waals surface area contributed by atoms with Crippen molar-refractivity contribution in [2.75, 3.05) is 6.54 Å².